The molecule has 0 radical (unpaired) electrons. The van der Waals surface area contributed by atoms with Crippen LogP contribution >= 0.6 is 0 Å². The Kier molecular flexibility index (Phi) is 5.57. The first-order chi connectivity index (χ1) is 10.4. The van der Waals surface area contributed by atoms with Crippen LogP contribution in [0.4, 0.5) is 0 Å². The monoisotopic (exact) mass is 328 g/mol. The SMILES string of the molecule is CCn1cc(S(=O)(=O)N2CCCCC2CCNC(C)=O)cn1. The zero-order chi connectivity index (χ0) is 16.2. The second kappa shape index (κ2) is 7.23. The molecule has 2 rings (SSSR count). The van der Waals surface area contributed by atoms with Gasteiger partial charge in [0.2, 0.25) is 15.9 Å². The standard InChI is InChI=1S/C14H24N4O3S/c1-3-17-11-14(10-16-17)22(20,21)18-9-5-4-6-13(18)7-8-15-12(2)19/h10-11,13H,3-9H2,1-2H3,(H,15,19). The van der Waals surface area contributed by atoms with Crippen LogP contribution in [0.1, 0.15) is 39.5 Å². The molecule has 2 heterocycles. The van der Waals surface area contributed by atoms with Crippen LogP contribution in [0, 0.1) is 0 Å². The van der Waals surface area contributed by atoms with Crippen LogP contribution in [0.2, 0.25) is 0 Å². The Bertz CT molecular complexity index is 611. The van der Waals surface area contributed by atoms with Gasteiger partial charge in [0.05, 0.1) is 6.20 Å². The van der Waals surface area contributed by atoms with Gasteiger partial charge in [-0.3, -0.25) is 9.48 Å². The molecule has 0 aliphatic carbocycles. The highest BCUT2D eigenvalue weighted by Crippen LogP contribution is 2.26. The summed E-state index contributed by atoms with van der Waals surface area (Å²) in [5, 5.41) is 6.80. The zero-order valence-corrected chi connectivity index (χ0v) is 14.0. The van der Waals surface area contributed by atoms with E-state index < -0.39 is 10.0 Å². The number of rotatable bonds is 6. The van der Waals surface area contributed by atoms with E-state index in [1.807, 2.05) is 6.92 Å². The van der Waals surface area contributed by atoms with Gasteiger partial charge < -0.3 is 5.32 Å². The Hall–Kier alpha value is -1.41. The zero-order valence-electron chi connectivity index (χ0n) is 13.2. The lowest BCUT2D eigenvalue weighted by molar-refractivity contribution is -0.119. The summed E-state index contributed by atoms with van der Waals surface area (Å²) in [5.41, 5.74) is 0. The third-order valence-electron chi connectivity index (χ3n) is 3.96. The fourth-order valence-electron chi connectivity index (χ4n) is 2.78. The molecule has 8 heteroatoms. The molecule has 1 aliphatic rings. The van der Waals surface area contributed by atoms with Crippen molar-refractivity contribution in [3.63, 3.8) is 0 Å². The topological polar surface area (TPSA) is 84.3 Å². The third kappa shape index (κ3) is 3.86. The van der Waals surface area contributed by atoms with Gasteiger partial charge in [0.1, 0.15) is 4.90 Å². The molecular formula is C14H24N4O3S. The van der Waals surface area contributed by atoms with Gasteiger partial charge in [0, 0.05) is 38.8 Å². The molecule has 1 N–H and O–H groups in total. The molecule has 124 valence electrons. The number of carbonyl (C=O) groups excluding carboxylic acids is 1. The van der Waals surface area contributed by atoms with Crippen molar-refractivity contribution in [3.05, 3.63) is 12.4 Å². The van der Waals surface area contributed by atoms with Crippen LogP contribution in [0.15, 0.2) is 17.3 Å². The van der Waals surface area contributed by atoms with Crippen LogP contribution in [0.5, 0.6) is 0 Å². The van der Waals surface area contributed by atoms with Crippen LogP contribution in [0.3, 0.4) is 0 Å². The summed E-state index contributed by atoms with van der Waals surface area (Å²) in [7, 11) is -3.51. The van der Waals surface area contributed by atoms with Gasteiger partial charge in [-0.2, -0.15) is 9.40 Å². The number of piperidine rings is 1. The number of aromatic nitrogens is 2. The molecule has 1 fully saturated rings. The summed E-state index contributed by atoms with van der Waals surface area (Å²) in [6, 6.07) is -0.0597. The second-order valence-electron chi connectivity index (χ2n) is 5.57. The highest BCUT2D eigenvalue weighted by Gasteiger charge is 2.33. The number of nitrogens with zero attached hydrogens (tertiary/aromatic N) is 3. The number of hydrogen-bond acceptors (Lipinski definition) is 4. The molecular weight excluding hydrogens is 304 g/mol. The van der Waals surface area contributed by atoms with Crippen LogP contribution in [-0.2, 0) is 21.4 Å². The Morgan fingerprint density at radius 3 is 2.86 bits per heavy atom. The lowest BCUT2D eigenvalue weighted by Crippen LogP contribution is -2.45. The predicted octanol–water partition coefficient (Wildman–Crippen LogP) is 0.972. The molecule has 22 heavy (non-hydrogen) atoms. The van der Waals surface area contributed by atoms with Gasteiger partial charge in [0.15, 0.2) is 0 Å². The molecule has 1 amide bonds. The number of amides is 1. The molecule has 0 bridgehead atoms. The molecule has 1 aliphatic heterocycles. The first kappa shape index (κ1) is 17.0. The number of nitrogens with one attached hydrogen (secondary N) is 1. The van der Waals surface area contributed by atoms with Crippen molar-refractivity contribution in [2.75, 3.05) is 13.1 Å². The van der Waals surface area contributed by atoms with E-state index in [4.69, 9.17) is 0 Å². The molecule has 0 saturated carbocycles. The molecule has 0 spiro atoms. The fraction of sp³-hybridized carbons (Fsp3) is 0.714. The summed E-state index contributed by atoms with van der Waals surface area (Å²) < 4.78 is 28.8. The Morgan fingerprint density at radius 2 is 2.23 bits per heavy atom. The maximum Gasteiger partial charge on any atom is 0.246 e. The van der Waals surface area contributed by atoms with E-state index in [9.17, 15) is 13.2 Å². The van der Waals surface area contributed by atoms with Crippen molar-refractivity contribution in [1.82, 2.24) is 19.4 Å². The number of sulfonamides is 1. The van der Waals surface area contributed by atoms with Gasteiger partial charge in [-0.15, -0.1) is 0 Å². The van der Waals surface area contributed by atoms with Gasteiger partial charge in [-0.1, -0.05) is 6.42 Å². The molecule has 1 saturated heterocycles. The average molecular weight is 328 g/mol. The van der Waals surface area contributed by atoms with Crippen LogP contribution < -0.4 is 5.32 Å². The largest absolute Gasteiger partial charge is 0.356 e. The predicted molar refractivity (Wildman–Crippen MR) is 82.7 cm³/mol. The second-order valence-corrected chi connectivity index (χ2v) is 7.46. The van der Waals surface area contributed by atoms with E-state index >= 15 is 0 Å². The van der Waals surface area contributed by atoms with Crippen LogP contribution in [0.25, 0.3) is 0 Å². The van der Waals surface area contributed by atoms with Crippen molar-refractivity contribution >= 4 is 15.9 Å². The summed E-state index contributed by atoms with van der Waals surface area (Å²) >= 11 is 0. The lowest BCUT2D eigenvalue weighted by Gasteiger charge is -2.34. The van der Waals surface area contributed by atoms with Crippen molar-refractivity contribution in [3.8, 4) is 0 Å². The molecule has 1 unspecified atom stereocenters. The van der Waals surface area contributed by atoms with Crippen molar-refractivity contribution in [2.24, 2.45) is 0 Å². The summed E-state index contributed by atoms with van der Waals surface area (Å²) in [5.74, 6) is -0.0885. The van der Waals surface area contributed by atoms with Crippen molar-refractivity contribution in [2.45, 2.75) is 57.0 Å². The fourth-order valence-corrected chi connectivity index (χ4v) is 4.46. The average Bonchev–Trinajstić information content (AvgIpc) is 2.97. The first-order valence-electron chi connectivity index (χ1n) is 7.74. The quantitative estimate of drug-likeness (QED) is 0.843. The van der Waals surface area contributed by atoms with E-state index in [-0.39, 0.29) is 16.8 Å². The molecule has 1 aromatic rings. The Balaban J connectivity index is 2.13. The Labute approximate surface area is 131 Å². The minimum Gasteiger partial charge on any atom is -0.356 e. The van der Waals surface area contributed by atoms with E-state index in [0.717, 1.165) is 19.3 Å². The summed E-state index contributed by atoms with van der Waals surface area (Å²) in [4.78, 5) is 11.2. The number of carbonyl (C=O) groups is 1. The smallest absolute Gasteiger partial charge is 0.246 e. The Morgan fingerprint density at radius 1 is 1.45 bits per heavy atom. The number of aryl methyl sites for hydroxylation is 1. The molecule has 1 aromatic heterocycles. The van der Waals surface area contributed by atoms with Gasteiger partial charge in [0.25, 0.3) is 0 Å². The first-order valence-corrected chi connectivity index (χ1v) is 9.18. The van der Waals surface area contributed by atoms with E-state index in [1.165, 1.54) is 13.1 Å². The van der Waals surface area contributed by atoms with Gasteiger partial charge in [-0.25, -0.2) is 8.42 Å². The van der Waals surface area contributed by atoms with Crippen molar-refractivity contribution in [1.29, 1.82) is 0 Å². The minimum absolute atomic E-state index is 0.0597. The normalized spacial score (nSPS) is 20.0. The highest BCUT2D eigenvalue weighted by atomic mass is 32.2. The maximum atomic E-state index is 12.8. The van der Waals surface area contributed by atoms with Gasteiger partial charge in [-0.05, 0) is 26.2 Å². The van der Waals surface area contributed by atoms with E-state index in [2.05, 4.69) is 10.4 Å². The third-order valence-corrected chi connectivity index (χ3v) is 5.87. The molecule has 7 nitrogen and oxygen atoms in total. The summed E-state index contributed by atoms with van der Waals surface area (Å²) in [6.07, 6.45) is 6.36. The molecule has 1 atom stereocenters. The minimum atomic E-state index is -3.51. The van der Waals surface area contributed by atoms with Crippen molar-refractivity contribution < 1.29 is 13.2 Å². The van der Waals surface area contributed by atoms with E-state index in [0.29, 0.717) is 26.1 Å². The number of hydrogen-bond donors (Lipinski definition) is 1. The lowest BCUT2D eigenvalue weighted by atomic mass is 10.0. The highest BCUT2D eigenvalue weighted by molar-refractivity contribution is 7.89. The van der Waals surface area contributed by atoms with Gasteiger partial charge >= 0.3 is 0 Å². The maximum absolute atomic E-state index is 12.8. The summed E-state index contributed by atoms with van der Waals surface area (Å²) in [6.45, 7) is 5.06. The van der Waals surface area contributed by atoms with E-state index in [1.54, 1.807) is 15.2 Å². The molecule has 0 aromatic carbocycles. The van der Waals surface area contributed by atoms with Crippen LogP contribution in [-0.4, -0.2) is 47.5 Å².